The molecule has 19 heteroatoms. The fourth-order valence-electron chi connectivity index (χ4n) is 2.68. The SMILES string of the molecule is C[C@H](NC(=O)[C@H](CO)NC(=O)CNC(=O)[C@H](CCC(=O)O)NC(=O)[C@@H](N)CO)C(=O)N[C@@H](CC(=O)O)C(=O)O. The summed E-state index contributed by atoms with van der Waals surface area (Å²) >= 11 is 0. The molecule has 220 valence electrons. The summed E-state index contributed by atoms with van der Waals surface area (Å²) in [4.78, 5) is 93.4. The number of carbonyl (C=O) groups excluding carboxylic acids is 5. The first-order chi connectivity index (χ1) is 18.1. The Morgan fingerprint density at radius 2 is 1.28 bits per heavy atom. The molecular weight excluding hydrogens is 532 g/mol. The van der Waals surface area contributed by atoms with Crippen molar-refractivity contribution >= 4 is 47.4 Å². The molecule has 0 aliphatic heterocycles. The van der Waals surface area contributed by atoms with Gasteiger partial charge in [0.1, 0.15) is 30.2 Å². The Bertz CT molecular complexity index is 943. The number of aliphatic hydroxyl groups excluding tert-OH is 2. The van der Waals surface area contributed by atoms with Crippen LogP contribution in [0.4, 0.5) is 0 Å². The summed E-state index contributed by atoms with van der Waals surface area (Å²) in [6.07, 6.45) is -1.86. The average Bonchev–Trinajstić information content (AvgIpc) is 2.86. The van der Waals surface area contributed by atoms with Gasteiger partial charge in [-0.1, -0.05) is 0 Å². The molecule has 0 bridgehead atoms. The zero-order valence-corrected chi connectivity index (χ0v) is 20.7. The maximum Gasteiger partial charge on any atom is 0.326 e. The molecule has 19 nitrogen and oxygen atoms in total. The lowest BCUT2D eigenvalue weighted by Crippen LogP contribution is -2.57. The number of amides is 5. The third-order valence-corrected chi connectivity index (χ3v) is 4.82. The van der Waals surface area contributed by atoms with Crippen LogP contribution in [-0.2, 0) is 38.4 Å². The van der Waals surface area contributed by atoms with Crippen molar-refractivity contribution in [2.45, 2.75) is 56.4 Å². The Hall–Kier alpha value is -4.36. The van der Waals surface area contributed by atoms with E-state index in [1.807, 2.05) is 5.32 Å². The molecule has 0 saturated heterocycles. The lowest BCUT2D eigenvalue weighted by Gasteiger charge is -2.22. The van der Waals surface area contributed by atoms with Gasteiger partial charge in [0.15, 0.2) is 0 Å². The lowest BCUT2D eigenvalue weighted by molar-refractivity contribution is -0.147. The van der Waals surface area contributed by atoms with Crippen LogP contribution < -0.4 is 32.3 Å². The summed E-state index contributed by atoms with van der Waals surface area (Å²) in [5.41, 5.74) is 5.34. The van der Waals surface area contributed by atoms with Gasteiger partial charge in [0.25, 0.3) is 0 Å². The summed E-state index contributed by atoms with van der Waals surface area (Å²) in [6, 6.07) is -7.67. The van der Waals surface area contributed by atoms with E-state index < -0.39 is 110 Å². The van der Waals surface area contributed by atoms with Crippen LogP contribution in [-0.4, -0.2) is 123 Å². The second kappa shape index (κ2) is 17.2. The predicted octanol–water partition coefficient (Wildman–Crippen LogP) is -6.20. The van der Waals surface area contributed by atoms with Crippen LogP contribution in [0.1, 0.15) is 26.2 Å². The van der Waals surface area contributed by atoms with Crippen LogP contribution in [0.25, 0.3) is 0 Å². The van der Waals surface area contributed by atoms with Crippen LogP contribution in [0.5, 0.6) is 0 Å². The normalized spacial score (nSPS) is 14.4. The monoisotopic (exact) mass is 564 g/mol. The van der Waals surface area contributed by atoms with Crippen molar-refractivity contribution in [3.8, 4) is 0 Å². The minimum atomic E-state index is -1.78. The van der Waals surface area contributed by atoms with E-state index in [9.17, 15) is 43.5 Å². The zero-order valence-electron chi connectivity index (χ0n) is 20.7. The summed E-state index contributed by atoms with van der Waals surface area (Å²) in [5, 5.41) is 55.2. The van der Waals surface area contributed by atoms with Gasteiger partial charge in [0.05, 0.1) is 26.2 Å². The number of carbonyl (C=O) groups is 8. The van der Waals surface area contributed by atoms with Gasteiger partial charge in [-0.2, -0.15) is 0 Å². The molecule has 0 unspecified atom stereocenters. The molecule has 0 heterocycles. The predicted molar refractivity (Wildman–Crippen MR) is 125 cm³/mol. The molecule has 0 saturated carbocycles. The molecular formula is C20H32N6O13. The number of carboxylic acid groups (broad SMARTS) is 3. The molecule has 0 radical (unpaired) electrons. The number of rotatable bonds is 18. The minimum Gasteiger partial charge on any atom is -0.481 e. The highest BCUT2D eigenvalue weighted by molar-refractivity contribution is 5.95. The highest BCUT2D eigenvalue weighted by atomic mass is 16.4. The van der Waals surface area contributed by atoms with Crippen LogP contribution >= 0.6 is 0 Å². The number of nitrogens with two attached hydrogens (primary N) is 1. The van der Waals surface area contributed by atoms with Gasteiger partial charge >= 0.3 is 17.9 Å². The Morgan fingerprint density at radius 1 is 0.692 bits per heavy atom. The van der Waals surface area contributed by atoms with Crippen molar-refractivity contribution in [2.24, 2.45) is 5.73 Å². The highest BCUT2D eigenvalue weighted by Gasteiger charge is 2.29. The van der Waals surface area contributed by atoms with E-state index in [-0.39, 0.29) is 6.42 Å². The summed E-state index contributed by atoms with van der Waals surface area (Å²) in [6.45, 7) is -1.39. The third-order valence-electron chi connectivity index (χ3n) is 4.82. The number of carboxylic acids is 3. The smallest absolute Gasteiger partial charge is 0.326 e. The van der Waals surface area contributed by atoms with Crippen molar-refractivity contribution < 1.29 is 63.9 Å². The van der Waals surface area contributed by atoms with Crippen molar-refractivity contribution in [3.63, 3.8) is 0 Å². The average molecular weight is 565 g/mol. The van der Waals surface area contributed by atoms with Gasteiger partial charge in [-0.25, -0.2) is 4.79 Å². The van der Waals surface area contributed by atoms with E-state index in [1.165, 1.54) is 0 Å². The molecule has 12 N–H and O–H groups in total. The molecule has 0 fully saturated rings. The van der Waals surface area contributed by atoms with Gasteiger partial charge in [-0.05, 0) is 13.3 Å². The molecule has 0 aromatic rings. The van der Waals surface area contributed by atoms with E-state index in [0.717, 1.165) is 6.92 Å². The molecule has 0 rings (SSSR count). The third kappa shape index (κ3) is 13.7. The Balaban J connectivity index is 5.02. The van der Waals surface area contributed by atoms with E-state index in [0.29, 0.717) is 0 Å². The first-order valence-electron chi connectivity index (χ1n) is 11.2. The number of hydrogen-bond acceptors (Lipinski definition) is 11. The molecule has 5 atom stereocenters. The Morgan fingerprint density at radius 3 is 1.77 bits per heavy atom. The number of aliphatic carboxylic acids is 3. The van der Waals surface area contributed by atoms with Crippen LogP contribution in [0.2, 0.25) is 0 Å². The molecule has 0 aliphatic carbocycles. The Kier molecular flexibility index (Phi) is 15.3. The summed E-state index contributed by atoms with van der Waals surface area (Å²) < 4.78 is 0. The van der Waals surface area contributed by atoms with Gasteiger partial charge in [0, 0.05) is 6.42 Å². The molecule has 0 spiro atoms. The number of aliphatic hydroxyl groups is 2. The van der Waals surface area contributed by atoms with Gasteiger partial charge in [-0.15, -0.1) is 0 Å². The molecule has 0 aromatic carbocycles. The van der Waals surface area contributed by atoms with Crippen molar-refractivity contribution in [1.29, 1.82) is 0 Å². The van der Waals surface area contributed by atoms with Crippen LogP contribution in [0.15, 0.2) is 0 Å². The molecule has 5 amide bonds. The number of hydrogen-bond donors (Lipinski definition) is 11. The second-order valence-corrected chi connectivity index (χ2v) is 8.03. The molecule has 0 aromatic heterocycles. The topological polar surface area (TPSA) is 324 Å². The maximum atomic E-state index is 12.4. The van der Waals surface area contributed by atoms with Gasteiger partial charge < -0.3 is 57.9 Å². The number of nitrogens with one attached hydrogen (secondary N) is 5. The second-order valence-electron chi connectivity index (χ2n) is 8.03. The fraction of sp³-hybridized carbons (Fsp3) is 0.600. The van der Waals surface area contributed by atoms with E-state index in [2.05, 4.69) is 21.3 Å². The Labute approximate surface area is 220 Å². The van der Waals surface area contributed by atoms with E-state index >= 15 is 0 Å². The van der Waals surface area contributed by atoms with Crippen LogP contribution in [0.3, 0.4) is 0 Å². The van der Waals surface area contributed by atoms with E-state index in [1.54, 1.807) is 0 Å². The minimum absolute atomic E-state index is 0.385. The van der Waals surface area contributed by atoms with Gasteiger partial charge in [-0.3, -0.25) is 33.6 Å². The highest BCUT2D eigenvalue weighted by Crippen LogP contribution is 2.00. The first-order valence-corrected chi connectivity index (χ1v) is 11.2. The zero-order chi connectivity index (χ0) is 30.3. The molecule has 39 heavy (non-hydrogen) atoms. The van der Waals surface area contributed by atoms with Crippen molar-refractivity contribution in [1.82, 2.24) is 26.6 Å². The first kappa shape index (κ1) is 34.6. The van der Waals surface area contributed by atoms with Crippen molar-refractivity contribution in [3.05, 3.63) is 0 Å². The standard InChI is InChI=1S/C20H32N6O13/c1-8(16(34)26-11(20(38)39)4-15(32)33)23-19(37)12(7-28)24-13(29)5-22-18(36)10(2-3-14(30)31)25-17(35)9(21)6-27/h8-12,27-28H,2-7,21H2,1H3,(H,22,36)(H,23,37)(H,24,29)(H,25,35)(H,26,34)(H,30,31)(H,32,33)(H,38,39)/t8-,9-,10-,11-,12-/m0/s1. The fourth-order valence-corrected chi connectivity index (χ4v) is 2.68. The largest absolute Gasteiger partial charge is 0.481 e. The summed E-state index contributed by atoms with van der Waals surface area (Å²) in [5.74, 6) is -9.54. The lowest BCUT2D eigenvalue weighted by atomic mass is 10.1. The summed E-state index contributed by atoms with van der Waals surface area (Å²) in [7, 11) is 0. The van der Waals surface area contributed by atoms with Crippen LogP contribution in [0, 0.1) is 0 Å². The molecule has 0 aliphatic rings. The van der Waals surface area contributed by atoms with E-state index in [4.69, 9.17) is 26.2 Å². The quantitative estimate of drug-likeness (QED) is 0.0738. The maximum absolute atomic E-state index is 12.4. The van der Waals surface area contributed by atoms with Gasteiger partial charge in [0.2, 0.25) is 29.5 Å². The van der Waals surface area contributed by atoms with Crippen molar-refractivity contribution in [2.75, 3.05) is 19.8 Å².